The average Bonchev–Trinajstić information content (AvgIpc) is 3.26. The Labute approximate surface area is 183 Å². The Bertz CT molecular complexity index is 943. The molecule has 2 aromatic carbocycles. The van der Waals surface area contributed by atoms with E-state index in [9.17, 15) is 14.7 Å². The number of hydrogen-bond acceptors (Lipinski definition) is 6. The molecule has 6 nitrogen and oxygen atoms in total. The van der Waals surface area contributed by atoms with Gasteiger partial charge in [0.15, 0.2) is 23.9 Å². The number of ether oxygens (including phenoxy) is 3. The summed E-state index contributed by atoms with van der Waals surface area (Å²) in [5, 5.41) is 10.3. The summed E-state index contributed by atoms with van der Waals surface area (Å²) in [7, 11) is 0. The molecule has 166 valence electrons. The maximum Gasteiger partial charge on any atom is 0.344 e. The molecule has 0 heterocycles. The Kier molecular flexibility index (Phi) is 7.55. The van der Waals surface area contributed by atoms with Crippen LogP contribution in [0, 0.1) is 0 Å². The number of aromatic hydroxyl groups is 1. The van der Waals surface area contributed by atoms with Gasteiger partial charge >= 0.3 is 5.97 Å². The molecule has 0 amide bonds. The van der Waals surface area contributed by atoms with Gasteiger partial charge in [-0.3, -0.25) is 4.79 Å². The Morgan fingerprint density at radius 3 is 2.42 bits per heavy atom. The summed E-state index contributed by atoms with van der Waals surface area (Å²) in [5.41, 5.74) is 3.07. The highest BCUT2D eigenvalue weighted by Crippen LogP contribution is 2.44. The van der Waals surface area contributed by atoms with Crippen molar-refractivity contribution in [2.45, 2.75) is 59.0 Å². The van der Waals surface area contributed by atoms with E-state index in [1.54, 1.807) is 26.0 Å². The summed E-state index contributed by atoms with van der Waals surface area (Å²) in [6, 6.07) is 8.82. The van der Waals surface area contributed by atoms with E-state index in [1.165, 1.54) is 6.07 Å². The van der Waals surface area contributed by atoms with Crippen molar-refractivity contribution in [2.24, 2.45) is 0 Å². The highest BCUT2D eigenvalue weighted by molar-refractivity contribution is 5.96. The minimum Gasteiger partial charge on any atom is -0.504 e. The number of ketones is 1. The zero-order chi connectivity index (χ0) is 22.4. The lowest BCUT2D eigenvalue weighted by Crippen LogP contribution is -2.21. The van der Waals surface area contributed by atoms with E-state index in [0.717, 1.165) is 36.8 Å². The van der Waals surface area contributed by atoms with Crippen molar-refractivity contribution in [3.8, 4) is 28.4 Å². The number of rotatable bonds is 9. The summed E-state index contributed by atoms with van der Waals surface area (Å²) in [6.07, 6.45) is 4.56. The molecule has 0 spiro atoms. The summed E-state index contributed by atoms with van der Waals surface area (Å²) in [6.45, 7) is 5.39. The van der Waals surface area contributed by atoms with Crippen molar-refractivity contribution in [2.75, 3.05) is 13.2 Å². The van der Waals surface area contributed by atoms with Crippen LogP contribution in [-0.4, -0.2) is 36.2 Å². The quantitative estimate of drug-likeness (QED) is 0.444. The van der Waals surface area contributed by atoms with E-state index in [2.05, 4.69) is 0 Å². The van der Waals surface area contributed by atoms with Crippen molar-refractivity contribution in [1.29, 1.82) is 0 Å². The lowest BCUT2D eigenvalue weighted by atomic mass is 9.95. The molecule has 0 aliphatic heterocycles. The third-order valence-corrected chi connectivity index (χ3v) is 5.49. The van der Waals surface area contributed by atoms with E-state index in [4.69, 9.17) is 14.2 Å². The van der Waals surface area contributed by atoms with Gasteiger partial charge in [0.25, 0.3) is 0 Å². The summed E-state index contributed by atoms with van der Waals surface area (Å²) in [4.78, 5) is 24.2. The van der Waals surface area contributed by atoms with Crippen molar-refractivity contribution in [1.82, 2.24) is 0 Å². The number of hydrogen-bond donors (Lipinski definition) is 1. The van der Waals surface area contributed by atoms with Crippen LogP contribution < -0.4 is 9.47 Å². The van der Waals surface area contributed by atoms with Gasteiger partial charge in [0.2, 0.25) is 5.75 Å². The van der Waals surface area contributed by atoms with Crippen LogP contribution in [0.1, 0.15) is 62.4 Å². The predicted octanol–water partition coefficient (Wildman–Crippen LogP) is 5.09. The molecule has 2 aromatic rings. The average molecular weight is 427 g/mol. The summed E-state index contributed by atoms with van der Waals surface area (Å²) < 4.78 is 17.0. The molecule has 0 saturated heterocycles. The molecule has 1 saturated carbocycles. The van der Waals surface area contributed by atoms with Crippen LogP contribution in [0.15, 0.2) is 30.3 Å². The van der Waals surface area contributed by atoms with Gasteiger partial charge in [-0.25, -0.2) is 4.79 Å². The van der Waals surface area contributed by atoms with Crippen molar-refractivity contribution in [3.63, 3.8) is 0 Å². The highest BCUT2D eigenvalue weighted by Gasteiger charge is 2.22. The Balaban J connectivity index is 1.93. The third-order valence-electron chi connectivity index (χ3n) is 5.49. The van der Waals surface area contributed by atoms with Crippen molar-refractivity contribution < 1.29 is 28.9 Å². The van der Waals surface area contributed by atoms with Crippen molar-refractivity contribution in [3.05, 3.63) is 41.5 Å². The van der Waals surface area contributed by atoms with Crippen LogP contribution in [0.5, 0.6) is 17.2 Å². The van der Waals surface area contributed by atoms with Crippen LogP contribution in [0.2, 0.25) is 0 Å². The largest absolute Gasteiger partial charge is 0.504 e. The van der Waals surface area contributed by atoms with Crippen LogP contribution in [-0.2, 0) is 16.0 Å². The number of esters is 1. The smallest absolute Gasteiger partial charge is 0.344 e. The van der Waals surface area contributed by atoms with Gasteiger partial charge in [0.05, 0.1) is 6.61 Å². The van der Waals surface area contributed by atoms with E-state index >= 15 is 0 Å². The Morgan fingerprint density at radius 2 is 1.77 bits per heavy atom. The van der Waals surface area contributed by atoms with Gasteiger partial charge in [-0.15, -0.1) is 0 Å². The number of phenolic OH excluding ortho intramolecular Hbond substituents is 1. The fourth-order valence-electron chi connectivity index (χ4n) is 3.96. The van der Waals surface area contributed by atoms with E-state index < -0.39 is 5.97 Å². The highest BCUT2D eigenvalue weighted by atomic mass is 16.6. The molecule has 0 radical (unpaired) electrons. The first-order valence-electron chi connectivity index (χ1n) is 10.9. The number of Topliss-reactive ketones (excluding diaryl/α,β-unsaturated/α-hetero) is 1. The van der Waals surface area contributed by atoms with Gasteiger partial charge in [0.1, 0.15) is 6.10 Å². The first-order chi connectivity index (χ1) is 14.9. The molecular weight excluding hydrogens is 396 g/mol. The van der Waals surface area contributed by atoms with Gasteiger partial charge in [-0.1, -0.05) is 25.1 Å². The zero-order valence-corrected chi connectivity index (χ0v) is 18.4. The van der Waals surface area contributed by atoms with E-state index in [1.807, 2.05) is 19.1 Å². The van der Waals surface area contributed by atoms with Crippen molar-refractivity contribution >= 4 is 11.8 Å². The first-order valence-corrected chi connectivity index (χ1v) is 10.9. The third kappa shape index (κ3) is 5.37. The second-order valence-corrected chi connectivity index (χ2v) is 7.69. The number of carbonyl (C=O) groups excluding carboxylic acids is 2. The lowest BCUT2D eigenvalue weighted by Gasteiger charge is -2.18. The molecule has 1 N–H and O–H groups in total. The molecule has 0 aromatic heterocycles. The minimum atomic E-state index is -0.440. The topological polar surface area (TPSA) is 82.1 Å². The minimum absolute atomic E-state index is 0.00948. The standard InChI is InChI=1S/C25H30O6/c1-4-17-14-18(10-11-20(17)16(3)26)21-12-13-22(27)25(29-5-2)24(21)30-15-23(28)31-19-8-6-7-9-19/h10-14,19,27H,4-9,15H2,1-3H3. The summed E-state index contributed by atoms with van der Waals surface area (Å²) >= 11 is 0. The number of aryl methyl sites for hydroxylation is 1. The Hall–Kier alpha value is -3.02. The maximum absolute atomic E-state index is 12.3. The molecule has 1 aliphatic carbocycles. The van der Waals surface area contributed by atoms with Crippen LogP contribution in [0.25, 0.3) is 11.1 Å². The molecule has 6 heteroatoms. The Morgan fingerprint density at radius 1 is 1.03 bits per heavy atom. The second-order valence-electron chi connectivity index (χ2n) is 7.69. The molecule has 0 atom stereocenters. The van der Waals surface area contributed by atoms with E-state index in [-0.39, 0.29) is 35.7 Å². The molecule has 0 unspecified atom stereocenters. The molecule has 1 aliphatic rings. The summed E-state index contributed by atoms with van der Waals surface area (Å²) in [5.74, 6) is -0.0360. The maximum atomic E-state index is 12.3. The van der Waals surface area contributed by atoms with E-state index in [0.29, 0.717) is 24.2 Å². The lowest BCUT2D eigenvalue weighted by molar-refractivity contribution is -0.151. The SMILES string of the molecule is CCOc1c(O)ccc(-c2ccc(C(C)=O)c(CC)c2)c1OCC(=O)OC1CCCC1. The van der Waals surface area contributed by atoms with Crippen LogP contribution in [0.4, 0.5) is 0 Å². The second kappa shape index (κ2) is 10.3. The molecule has 0 bridgehead atoms. The predicted molar refractivity (Wildman–Crippen MR) is 118 cm³/mol. The van der Waals surface area contributed by atoms with Gasteiger partial charge in [-0.2, -0.15) is 0 Å². The fourth-order valence-corrected chi connectivity index (χ4v) is 3.96. The monoisotopic (exact) mass is 426 g/mol. The van der Waals surface area contributed by atoms with Gasteiger partial charge in [-0.05, 0) is 69.2 Å². The zero-order valence-electron chi connectivity index (χ0n) is 18.4. The molecule has 3 rings (SSSR count). The molecular formula is C25H30O6. The van der Waals surface area contributed by atoms with Crippen LogP contribution in [0.3, 0.4) is 0 Å². The fraction of sp³-hybridized carbons (Fsp3) is 0.440. The van der Waals surface area contributed by atoms with Gasteiger partial charge in [0, 0.05) is 11.1 Å². The van der Waals surface area contributed by atoms with Gasteiger partial charge < -0.3 is 19.3 Å². The molecule has 31 heavy (non-hydrogen) atoms. The number of carbonyl (C=O) groups is 2. The number of phenols is 1. The molecule has 1 fully saturated rings. The number of benzene rings is 2. The first kappa shape index (κ1) is 22.7. The normalized spacial score (nSPS) is 13.8. The van der Waals surface area contributed by atoms with Crippen LogP contribution >= 0.6 is 0 Å².